The van der Waals surface area contributed by atoms with E-state index in [2.05, 4.69) is 18.0 Å². The summed E-state index contributed by atoms with van der Waals surface area (Å²) in [6, 6.07) is 6.07. The van der Waals surface area contributed by atoms with Crippen LogP contribution in [0.25, 0.3) is 6.08 Å². The van der Waals surface area contributed by atoms with E-state index < -0.39 is 0 Å². The Hall–Kier alpha value is -2.01. The van der Waals surface area contributed by atoms with Crippen molar-refractivity contribution in [3.8, 4) is 0 Å². The highest BCUT2D eigenvalue weighted by Crippen LogP contribution is 2.27. The summed E-state index contributed by atoms with van der Waals surface area (Å²) >= 11 is 0. The molecule has 2 heterocycles. The second-order valence-corrected chi connectivity index (χ2v) is 8.68. The lowest BCUT2D eigenvalue weighted by atomic mass is 9.88. The van der Waals surface area contributed by atoms with E-state index in [0.717, 1.165) is 62.1 Å². The molecule has 2 aliphatic heterocycles. The van der Waals surface area contributed by atoms with Gasteiger partial charge in [0.1, 0.15) is 0 Å². The third-order valence-corrected chi connectivity index (χ3v) is 6.56. The molecule has 2 unspecified atom stereocenters. The molecule has 1 aromatic carbocycles. The number of carbonyl (C=O) groups is 2. The molecule has 1 aliphatic carbocycles. The van der Waals surface area contributed by atoms with Crippen LogP contribution in [0.3, 0.4) is 0 Å². The maximum atomic E-state index is 13.3. The fourth-order valence-electron chi connectivity index (χ4n) is 4.81. The molecule has 156 valence electrons. The van der Waals surface area contributed by atoms with E-state index in [0.29, 0.717) is 13.1 Å². The lowest BCUT2D eigenvalue weighted by Crippen LogP contribution is -2.46. The van der Waals surface area contributed by atoms with Crippen molar-refractivity contribution in [1.82, 2.24) is 4.90 Å². The van der Waals surface area contributed by atoms with Gasteiger partial charge in [-0.2, -0.15) is 0 Å². The van der Waals surface area contributed by atoms with Crippen LogP contribution in [0.2, 0.25) is 0 Å². The molecule has 2 fully saturated rings. The van der Waals surface area contributed by atoms with Gasteiger partial charge < -0.3 is 9.64 Å². The van der Waals surface area contributed by atoms with Crippen LogP contribution in [0.1, 0.15) is 57.4 Å². The molecule has 0 spiro atoms. The molecule has 1 aromatic rings. The van der Waals surface area contributed by atoms with E-state index in [9.17, 15) is 9.59 Å². The number of fused-ring (bicyclic) bond motifs is 1. The smallest absolute Gasteiger partial charge is 0.254 e. The van der Waals surface area contributed by atoms with Gasteiger partial charge in [-0.15, -0.1) is 0 Å². The number of benzene rings is 1. The Morgan fingerprint density at radius 1 is 1.14 bits per heavy atom. The fraction of sp³-hybridized carbons (Fsp3) is 0.625. The van der Waals surface area contributed by atoms with Crippen LogP contribution in [0.5, 0.6) is 0 Å². The number of hydrogen-bond acceptors (Lipinski definition) is 3. The Morgan fingerprint density at radius 2 is 1.97 bits per heavy atom. The summed E-state index contributed by atoms with van der Waals surface area (Å²) in [6.07, 6.45) is 10.5. The van der Waals surface area contributed by atoms with E-state index in [1.807, 2.05) is 23.1 Å². The van der Waals surface area contributed by atoms with Crippen LogP contribution >= 0.6 is 0 Å². The van der Waals surface area contributed by atoms with Gasteiger partial charge in [0.15, 0.2) is 0 Å². The lowest BCUT2D eigenvalue weighted by Gasteiger charge is -2.32. The molecule has 3 aliphatic rings. The summed E-state index contributed by atoms with van der Waals surface area (Å²) in [5.41, 5.74) is 1.23. The van der Waals surface area contributed by atoms with E-state index in [-0.39, 0.29) is 29.8 Å². The van der Waals surface area contributed by atoms with Gasteiger partial charge in [0, 0.05) is 25.6 Å². The molecule has 5 nitrogen and oxygen atoms in total. The van der Waals surface area contributed by atoms with Crippen molar-refractivity contribution < 1.29 is 14.3 Å². The number of rotatable bonds is 6. The molecule has 2 amide bonds. The normalized spacial score (nSPS) is 24.5. The average Bonchev–Trinajstić information content (AvgIpc) is 3.26. The first-order valence-corrected chi connectivity index (χ1v) is 11.3. The molecule has 0 aromatic heterocycles. The molecule has 0 radical (unpaired) electrons. The van der Waals surface area contributed by atoms with Gasteiger partial charge in [-0.1, -0.05) is 38.3 Å². The van der Waals surface area contributed by atoms with Crippen molar-refractivity contribution in [2.24, 2.45) is 16.8 Å². The fourth-order valence-corrected chi connectivity index (χ4v) is 4.81. The van der Waals surface area contributed by atoms with E-state index in [1.165, 1.54) is 12.0 Å². The topological polar surface area (TPSA) is 59.0 Å². The molecular weight excluding hydrogens is 364 g/mol. The molecule has 4 rings (SSSR count). The summed E-state index contributed by atoms with van der Waals surface area (Å²) in [7, 11) is 0. The summed E-state index contributed by atoms with van der Waals surface area (Å²) in [5, 5.41) is 1.75. The van der Waals surface area contributed by atoms with Gasteiger partial charge in [0.25, 0.3) is 5.91 Å². The SMILES string of the molecule is CCc1ccc2c(c1)=CC(CN(CC1CCCO1)C(=O)C1CCCCC1)C(=O)N=2. The van der Waals surface area contributed by atoms with Crippen molar-refractivity contribution in [3.63, 3.8) is 0 Å². The first kappa shape index (κ1) is 20.3. The Labute approximate surface area is 172 Å². The minimum absolute atomic E-state index is 0.0946. The van der Waals surface area contributed by atoms with Crippen LogP contribution in [0.15, 0.2) is 23.2 Å². The van der Waals surface area contributed by atoms with Gasteiger partial charge in [0.05, 0.1) is 17.4 Å². The number of carbonyl (C=O) groups excluding carboxylic acids is 2. The lowest BCUT2D eigenvalue weighted by molar-refractivity contribution is -0.139. The van der Waals surface area contributed by atoms with Crippen LogP contribution in [-0.4, -0.2) is 42.5 Å². The molecule has 2 atom stereocenters. The molecular formula is C24H32N2O3. The molecule has 0 N–H and O–H groups in total. The van der Waals surface area contributed by atoms with Gasteiger partial charge >= 0.3 is 0 Å². The summed E-state index contributed by atoms with van der Waals surface area (Å²) in [6.45, 7) is 3.89. The standard InChI is InChI=1S/C24H32N2O3/c1-2-17-10-11-22-19(13-17)14-20(23(27)25-22)15-26(16-21-9-6-12-29-21)24(28)18-7-4-3-5-8-18/h10-11,13-14,18,20-21H,2-9,12,15-16H2,1H3. The Morgan fingerprint density at radius 3 is 2.69 bits per heavy atom. The van der Waals surface area contributed by atoms with Crippen LogP contribution < -0.4 is 10.6 Å². The van der Waals surface area contributed by atoms with Gasteiger partial charge in [-0.25, -0.2) is 4.99 Å². The number of ether oxygens (including phenoxy) is 1. The molecule has 5 heteroatoms. The number of aryl methyl sites for hydroxylation is 1. The Balaban J connectivity index is 1.56. The Bertz CT molecular complexity index is 867. The quantitative estimate of drug-likeness (QED) is 0.742. The van der Waals surface area contributed by atoms with Crippen molar-refractivity contribution >= 4 is 17.9 Å². The van der Waals surface area contributed by atoms with Crippen LogP contribution in [0.4, 0.5) is 0 Å². The maximum Gasteiger partial charge on any atom is 0.254 e. The van der Waals surface area contributed by atoms with Gasteiger partial charge in [-0.05, 0) is 55.0 Å². The second kappa shape index (κ2) is 9.21. The molecule has 1 saturated carbocycles. The molecule has 1 saturated heterocycles. The van der Waals surface area contributed by atoms with E-state index in [4.69, 9.17) is 4.74 Å². The number of nitrogens with zero attached hydrogens (tertiary/aromatic N) is 2. The monoisotopic (exact) mass is 396 g/mol. The van der Waals surface area contributed by atoms with Crippen molar-refractivity contribution in [2.45, 2.75) is 64.4 Å². The number of amides is 2. The van der Waals surface area contributed by atoms with Gasteiger partial charge in [-0.3, -0.25) is 9.59 Å². The van der Waals surface area contributed by atoms with Crippen LogP contribution in [0, 0.1) is 11.8 Å². The zero-order chi connectivity index (χ0) is 20.2. The highest BCUT2D eigenvalue weighted by atomic mass is 16.5. The van der Waals surface area contributed by atoms with E-state index in [1.54, 1.807) is 0 Å². The first-order valence-electron chi connectivity index (χ1n) is 11.3. The number of hydrogen-bond donors (Lipinski definition) is 0. The maximum absolute atomic E-state index is 13.3. The van der Waals surface area contributed by atoms with Gasteiger partial charge in [0.2, 0.25) is 5.91 Å². The van der Waals surface area contributed by atoms with Crippen molar-refractivity contribution in [3.05, 3.63) is 34.3 Å². The summed E-state index contributed by atoms with van der Waals surface area (Å²) in [4.78, 5) is 32.3. The predicted molar refractivity (Wildman–Crippen MR) is 112 cm³/mol. The predicted octanol–water partition coefficient (Wildman–Crippen LogP) is 2.39. The zero-order valence-corrected chi connectivity index (χ0v) is 17.4. The zero-order valence-electron chi connectivity index (χ0n) is 17.4. The largest absolute Gasteiger partial charge is 0.376 e. The summed E-state index contributed by atoms with van der Waals surface area (Å²) in [5.74, 6) is -0.214. The van der Waals surface area contributed by atoms with Crippen LogP contribution in [-0.2, 0) is 20.7 Å². The van der Waals surface area contributed by atoms with Crippen molar-refractivity contribution in [1.29, 1.82) is 0 Å². The van der Waals surface area contributed by atoms with E-state index >= 15 is 0 Å². The van der Waals surface area contributed by atoms with Crippen molar-refractivity contribution in [2.75, 3.05) is 19.7 Å². The third-order valence-electron chi connectivity index (χ3n) is 6.56. The summed E-state index contributed by atoms with van der Waals surface area (Å²) < 4.78 is 5.81. The highest BCUT2D eigenvalue weighted by molar-refractivity contribution is 5.87. The molecule has 0 bridgehead atoms. The minimum Gasteiger partial charge on any atom is -0.376 e. The third kappa shape index (κ3) is 4.77. The highest BCUT2D eigenvalue weighted by Gasteiger charge is 2.32. The second-order valence-electron chi connectivity index (χ2n) is 8.68. The minimum atomic E-state index is -0.372. The average molecular weight is 397 g/mol. The first-order chi connectivity index (χ1) is 14.1. The molecule has 29 heavy (non-hydrogen) atoms. The Kier molecular flexibility index (Phi) is 6.43.